The summed E-state index contributed by atoms with van der Waals surface area (Å²) in [5.41, 5.74) is 3.74. The number of hydrazone groups is 1. The molecule has 0 radical (unpaired) electrons. The Morgan fingerprint density at radius 3 is 2.58 bits per heavy atom. The van der Waals surface area contributed by atoms with Crippen LogP contribution in [0.1, 0.15) is 5.56 Å². The number of nitrogens with zero attached hydrogens (tertiary/aromatic N) is 3. The van der Waals surface area contributed by atoms with Crippen molar-refractivity contribution in [1.29, 1.82) is 0 Å². The van der Waals surface area contributed by atoms with Crippen molar-refractivity contribution in [2.75, 3.05) is 19.6 Å². The molecular formula is C18H16N4O4. The van der Waals surface area contributed by atoms with Gasteiger partial charge in [0, 0.05) is 5.39 Å². The number of pyridine rings is 1. The molecule has 2 aromatic carbocycles. The van der Waals surface area contributed by atoms with Crippen molar-refractivity contribution in [3.8, 4) is 11.5 Å². The molecule has 0 unspecified atom stereocenters. The molecule has 0 bridgehead atoms. The van der Waals surface area contributed by atoms with Gasteiger partial charge in [-0.15, -0.1) is 0 Å². The fourth-order valence-corrected chi connectivity index (χ4v) is 2.44. The highest BCUT2D eigenvalue weighted by Crippen LogP contribution is 2.33. The molecule has 1 N–H and O–H groups in total. The monoisotopic (exact) mass is 352 g/mol. The molecule has 0 aliphatic heterocycles. The van der Waals surface area contributed by atoms with Crippen LogP contribution in [-0.2, 0) is 0 Å². The molecule has 0 aliphatic carbocycles. The van der Waals surface area contributed by atoms with Gasteiger partial charge in [0.05, 0.1) is 42.5 Å². The Balaban J connectivity index is 1.87. The third kappa shape index (κ3) is 3.54. The third-order valence-electron chi connectivity index (χ3n) is 3.71. The number of rotatable bonds is 6. The summed E-state index contributed by atoms with van der Waals surface area (Å²) in [7, 11) is 2.88. The van der Waals surface area contributed by atoms with Gasteiger partial charge in [-0.1, -0.05) is 18.2 Å². The zero-order valence-corrected chi connectivity index (χ0v) is 14.2. The predicted octanol–water partition coefficient (Wildman–Crippen LogP) is 3.61. The van der Waals surface area contributed by atoms with Crippen molar-refractivity contribution >= 4 is 28.6 Å². The lowest BCUT2D eigenvalue weighted by molar-refractivity contribution is -0.385. The van der Waals surface area contributed by atoms with Crippen LogP contribution < -0.4 is 14.9 Å². The molecule has 1 heterocycles. The summed E-state index contributed by atoms with van der Waals surface area (Å²) in [6.07, 6.45) is 1.34. The van der Waals surface area contributed by atoms with Gasteiger partial charge in [-0.3, -0.25) is 15.5 Å². The molecule has 0 aliphatic rings. The van der Waals surface area contributed by atoms with Crippen LogP contribution >= 0.6 is 0 Å². The van der Waals surface area contributed by atoms with E-state index in [1.807, 2.05) is 30.3 Å². The Morgan fingerprint density at radius 1 is 1.12 bits per heavy atom. The number of methoxy groups -OCH3 is 2. The maximum Gasteiger partial charge on any atom is 0.282 e. The summed E-state index contributed by atoms with van der Waals surface area (Å²) < 4.78 is 10.3. The molecule has 132 valence electrons. The maximum absolute atomic E-state index is 11.3. The van der Waals surface area contributed by atoms with E-state index in [1.165, 1.54) is 32.6 Å². The van der Waals surface area contributed by atoms with Crippen LogP contribution in [0.2, 0.25) is 0 Å². The van der Waals surface area contributed by atoms with E-state index in [1.54, 1.807) is 6.07 Å². The number of aromatic nitrogens is 1. The minimum Gasteiger partial charge on any atom is -0.493 e. The summed E-state index contributed by atoms with van der Waals surface area (Å²) in [4.78, 5) is 15.2. The van der Waals surface area contributed by atoms with Gasteiger partial charge < -0.3 is 9.47 Å². The first-order chi connectivity index (χ1) is 12.6. The van der Waals surface area contributed by atoms with E-state index in [2.05, 4.69) is 15.5 Å². The largest absolute Gasteiger partial charge is 0.493 e. The number of anilines is 1. The summed E-state index contributed by atoms with van der Waals surface area (Å²) in [6.45, 7) is 0. The van der Waals surface area contributed by atoms with E-state index in [0.29, 0.717) is 11.6 Å². The molecule has 0 atom stereocenters. The summed E-state index contributed by atoms with van der Waals surface area (Å²) >= 11 is 0. The zero-order valence-electron chi connectivity index (χ0n) is 14.2. The normalized spacial score (nSPS) is 10.8. The summed E-state index contributed by atoms with van der Waals surface area (Å²) in [5.74, 6) is 1.19. The number of fused-ring (bicyclic) bond motifs is 1. The standard InChI is InChI=1S/C18H16N4O4/c1-25-16-9-13(15(22(23)24)10-17(16)26-2)11-19-21-18-8-7-12-5-3-4-6-14(12)20-18/h3-11H,1-2H3,(H,20,21). The average molecular weight is 352 g/mol. The van der Waals surface area contributed by atoms with Gasteiger partial charge in [0.1, 0.15) is 5.82 Å². The Labute approximate surface area is 149 Å². The fraction of sp³-hybridized carbons (Fsp3) is 0.111. The van der Waals surface area contributed by atoms with E-state index < -0.39 is 4.92 Å². The fourth-order valence-electron chi connectivity index (χ4n) is 2.44. The first-order valence-electron chi connectivity index (χ1n) is 7.67. The Bertz CT molecular complexity index is 988. The van der Waals surface area contributed by atoms with Crippen LogP contribution in [0.5, 0.6) is 11.5 Å². The number of para-hydroxylation sites is 1. The first-order valence-corrected chi connectivity index (χ1v) is 7.67. The highest BCUT2D eigenvalue weighted by molar-refractivity contribution is 5.87. The van der Waals surface area contributed by atoms with Crippen LogP contribution in [0.25, 0.3) is 10.9 Å². The number of nitro groups is 1. The second-order valence-electron chi connectivity index (χ2n) is 5.28. The molecule has 0 amide bonds. The molecule has 8 nitrogen and oxygen atoms in total. The van der Waals surface area contributed by atoms with Crippen molar-refractivity contribution in [1.82, 2.24) is 4.98 Å². The third-order valence-corrected chi connectivity index (χ3v) is 3.71. The van der Waals surface area contributed by atoms with Gasteiger partial charge in [0.2, 0.25) is 0 Å². The highest BCUT2D eigenvalue weighted by Gasteiger charge is 2.18. The van der Waals surface area contributed by atoms with Crippen LogP contribution in [0.3, 0.4) is 0 Å². The van der Waals surface area contributed by atoms with E-state index in [-0.39, 0.29) is 17.0 Å². The average Bonchev–Trinajstić information content (AvgIpc) is 2.67. The van der Waals surface area contributed by atoms with Crippen molar-refractivity contribution in [2.24, 2.45) is 5.10 Å². The number of hydrogen-bond donors (Lipinski definition) is 1. The number of ether oxygens (including phenoxy) is 2. The topological polar surface area (TPSA) is 98.9 Å². The molecule has 3 rings (SSSR count). The number of nitrogens with one attached hydrogen (secondary N) is 1. The van der Waals surface area contributed by atoms with E-state index >= 15 is 0 Å². The van der Waals surface area contributed by atoms with Gasteiger partial charge in [-0.25, -0.2) is 4.98 Å². The molecule has 0 spiro atoms. The predicted molar refractivity (Wildman–Crippen MR) is 99.2 cm³/mol. The van der Waals surface area contributed by atoms with Gasteiger partial charge in [0.15, 0.2) is 11.5 Å². The molecule has 0 saturated carbocycles. The molecule has 26 heavy (non-hydrogen) atoms. The Kier molecular flexibility index (Phi) is 4.93. The molecule has 8 heteroatoms. The SMILES string of the molecule is COc1cc(C=NNc2ccc3ccccc3n2)c([N+](=O)[O-])cc1OC. The molecule has 0 saturated heterocycles. The van der Waals surface area contributed by atoms with Crippen molar-refractivity contribution in [3.63, 3.8) is 0 Å². The lowest BCUT2D eigenvalue weighted by atomic mass is 10.1. The number of benzene rings is 2. The molecule has 3 aromatic rings. The van der Waals surface area contributed by atoms with Crippen molar-refractivity contribution in [3.05, 3.63) is 64.2 Å². The zero-order chi connectivity index (χ0) is 18.5. The van der Waals surface area contributed by atoms with Gasteiger partial charge in [-0.2, -0.15) is 5.10 Å². The Morgan fingerprint density at radius 2 is 1.85 bits per heavy atom. The number of nitro benzene ring substituents is 1. The van der Waals surface area contributed by atoms with E-state index in [0.717, 1.165) is 10.9 Å². The minimum atomic E-state index is -0.502. The van der Waals surface area contributed by atoms with Crippen molar-refractivity contribution in [2.45, 2.75) is 0 Å². The Hall–Kier alpha value is -3.68. The van der Waals surface area contributed by atoms with Crippen molar-refractivity contribution < 1.29 is 14.4 Å². The second kappa shape index (κ2) is 7.47. The van der Waals surface area contributed by atoms with E-state index in [4.69, 9.17) is 9.47 Å². The summed E-state index contributed by atoms with van der Waals surface area (Å²) in [6, 6.07) is 14.2. The quantitative estimate of drug-likeness (QED) is 0.413. The van der Waals surface area contributed by atoms with Crippen LogP contribution in [-0.4, -0.2) is 30.3 Å². The first kappa shape index (κ1) is 17.2. The lowest BCUT2D eigenvalue weighted by Crippen LogP contribution is -2.00. The number of hydrogen-bond acceptors (Lipinski definition) is 7. The van der Waals surface area contributed by atoms with Crippen LogP contribution in [0.4, 0.5) is 11.5 Å². The van der Waals surface area contributed by atoms with Gasteiger partial charge in [0.25, 0.3) is 5.69 Å². The summed E-state index contributed by atoms with van der Waals surface area (Å²) in [5, 5.41) is 16.3. The lowest BCUT2D eigenvalue weighted by Gasteiger charge is -2.08. The minimum absolute atomic E-state index is 0.139. The van der Waals surface area contributed by atoms with Gasteiger partial charge >= 0.3 is 0 Å². The van der Waals surface area contributed by atoms with Crippen LogP contribution in [0.15, 0.2) is 53.6 Å². The maximum atomic E-state index is 11.3. The smallest absolute Gasteiger partial charge is 0.282 e. The van der Waals surface area contributed by atoms with Gasteiger partial charge in [-0.05, 0) is 24.3 Å². The highest BCUT2D eigenvalue weighted by atomic mass is 16.6. The molecular weight excluding hydrogens is 336 g/mol. The molecule has 0 fully saturated rings. The van der Waals surface area contributed by atoms with Crippen LogP contribution in [0, 0.1) is 10.1 Å². The van der Waals surface area contributed by atoms with E-state index in [9.17, 15) is 10.1 Å². The second-order valence-corrected chi connectivity index (χ2v) is 5.28. The molecule has 1 aromatic heterocycles.